The molecule has 2 amide bonds. The van der Waals surface area contributed by atoms with E-state index in [1.165, 1.54) is 4.90 Å². The average molecular weight is 244 g/mol. The maximum atomic E-state index is 11.9. The maximum Gasteiger partial charge on any atom is 0.328 e. The molecule has 0 spiro atoms. The van der Waals surface area contributed by atoms with Crippen LogP contribution in [0.1, 0.15) is 26.7 Å². The van der Waals surface area contributed by atoms with E-state index in [4.69, 9.17) is 9.84 Å². The molecular formula is C11H20N2O4. The van der Waals surface area contributed by atoms with E-state index in [-0.39, 0.29) is 18.7 Å². The fraction of sp³-hybridized carbons (Fsp3) is 0.818. The Bertz CT molecular complexity index is 283. The number of carbonyl (C=O) groups excluding carboxylic acids is 1. The fourth-order valence-electron chi connectivity index (χ4n) is 1.85. The number of nitrogens with zero attached hydrogens (tertiary/aromatic N) is 1. The molecule has 6 nitrogen and oxygen atoms in total. The van der Waals surface area contributed by atoms with Crippen molar-refractivity contribution >= 4 is 12.0 Å². The van der Waals surface area contributed by atoms with Crippen LogP contribution in [0.5, 0.6) is 0 Å². The lowest BCUT2D eigenvalue weighted by atomic mass is 10.2. The van der Waals surface area contributed by atoms with Crippen molar-refractivity contribution in [3.8, 4) is 0 Å². The van der Waals surface area contributed by atoms with Crippen molar-refractivity contribution in [3.05, 3.63) is 0 Å². The quantitative estimate of drug-likeness (QED) is 0.762. The van der Waals surface area contributed by atoms with Crippen LogP contribution in [-0.2, 0) is 9.53 Å². The molecule has 0 bridgehead atoms. The molecule has 98 valence electrons. The van der Waals surface area contributed by atoms with Gasteiger partial charge in [0.1, 0.15) is 0 Å². The summed E-state index contributed by atoms with van der Waals surface area (Å²) < 4.78 is 5.07. The molecule has 17 heavy (non-hydrogen) atoms. The molecule has 1 aliphatic rings. The molecule has 2 atom stereocenters. The highest BCUT2D eigenvalue weighted by Crippen LogP contribution is 2.08. The van der Waals surface area contributed by atoms with Gasteiger partial charge in [-0.25, -0.2) is 9.59 Å². The number of morpholine rings is 1. The Morgan fingerprint density at radius 3 is 2.88 bits per heavy atom. The Balaban J connectivity index is 2.56. The third kappa shape index (κ3) is 3.89. The predicted octanol–water partition coefficient (Wildman–Crippen LogP) is 0.670. The van der Waals surface area contributed by atoms with Gasteiger partial charge in [-0.05, 0) is 13.3 Å². The summed E-state index contributed by atoms with van der Waals surface area (Å²) in [6, 6.07) is -1.14. The normalized spacial score (nSPS) is 22.0. The van der Waals surface area contributed by atoms with Gasteiger partial charge in [0.15, 0.2) is 6.04 Å². The number of hydrogen-bond donors (Lipinski definition) is 2. The third-order valence-corrected chi connectivity index (χ3v) is 2.77. The zero-order chi connectivity index (χ0) is 12.8. The highest BCUT2D eigenvalue weighted by atomic mass is 16.5. The summed E-state index contributed by atoms with van der Waals surface area (Å²) in [6.45, 7) is 4.72. The summed E-state index contributed by atoms with van der Waals surface area (Å²) in [5.74, 6) is -1.03. The van der Waals surface area contributed by atoms with Crippen LogP contribution in [0.15, 0.2) is 0 Å². The van der Waals surface area contributed by atoms with Crippen molar-refractivity contribution in [2.75, 3.05) is 19.8 Å². The van der Waals surface area contributed by atoms with Gasteiger partial charge >= 0.3 is 12.0 Å². The Morgan fingerprint density at radius 1 is 1.59 bits per heavy atom. The highest BCUT2D eigenvalue weighted by molar-refractivity contribution is 5.83. The molecule has 1 fully saturated rings. The van der Waals surface area contributed by atoms with Gasteiger partial charge in [0.05, 0.1) is 13.2 Å². The first kappa shape index (κ1) is 13.8. The molecule has 0 aromatic carbocycles. The van der Waals surface area contributed by atoms with Crippen molar-refractivity contribution in [3.63, 3.8) is 0 Å². The summed E-state index contributed by atoms with van der Waals surface area (Å²) in [7, 11) is 0. The number of urea groups is 1. The number of carboxylic acids is 1. The van der Waals surface area contributed by atoms with Crippen molar-refractivity contribution in [1.29, 1.82) is 0 Å². The van der Waals surface area contributed by atoms with Gasteiger partial charge in [-0.2, -0.15) is 0 Å². The van der Waals surface area contributed by atoms with Crippen LogP contribution in [0, 0.1) is 0 Å². The molecule has 1 heterocycles. The van der Waals surface area contributed by atoms with Crippen LogP contribution in [-0.4, -0.2) is 53.8 Å². The number of nitrogens with one attached hydrogen (secondary N) is 1. The van der Waals surface area contributed by atoms with E-state index in [1.807, 2.05) is 13.8 Å². The molecule has 0 radical (unpaired) electrons. The Hall–Kier alpha value is -1.30. The zero-order valence-electron chi connectivity index (χ0n) is 10.3. The molecule has 1 rings (SSSR count). The van der Waals surface area contributed by atoms with Crippen LogP contribution in [0.3, 0.4) is 0 Å². The van der Waals surface area contributed by atoms with E-state index < -0.39 is 12.0 Å². The number of amides is 2. The molecule has 0 saturated carbocycles. The van der Waals surface area contributed by atoms with Crippen molar-refractivity contribution in [2.24, 2.45) is 0 Å². The van der Waals surface area contributed by atoms with E-state index >= 15 is 0 Å². The minimum Gasteiger partial charge on any atom is -0.480 e. The van der Waals surface area contributed by atoms with Crippen molar-refractivity contribution < 1.29 is 19.4 Å². The predicted molar refractivity (Wildman–Crippen MR) is 61.9 cm³/mol. The molecule has 1 aliphatic heterocycles. The van der Waals surface area contributed by atoms with Crippen LogP contribution in [0.25, 0.3) is 0 Å². The number of hydrogen-bond acceptors (Lipinski definition) is 3. The molecule has 0 aliphatic carbocycles. The van der Waals surface area contributed by atoms with Gasteiger partial charge in [-0.1, -0.05) is 13.3 Å². The summed E-state index contributed by atoms with van der Waals surface area (Å²) >= 11 is 0. The Morgan fingerprint density at radius 2 is 2.29 bits per heavy atom. The van der Waals surface area contributed by atoms with E-state index in [0.717, 1.165) is 12.8 Å². The van der Waals surface area contributed by atoms with E-state index in [1.54, 1.807) is 0 Å². The van der Waals surface area contributed by atoms with Gasteiger partial charge in [-0.15, -0.1) is 0 Å². The van der Waals surface area contributed by atoms with Crippen LogP contribution < -0.4 is 5.32 Å². The Labute approximate surface area is 101 Å². The zero-order valence-corrected chi connectivity index (χ0v) is 10.3. The lowest BCUT2D eigenvalue weighted by Gasteiger charge is -2.33. The number of ether oxygens (including phenoxy) is 1. The minimum atomic E-state index is -1.03. The average Bonchev–Trinajstić information content (AvgIpc) is 2.29. The second kappa shape index (κ2) is 6.44. The van der Waals surface area contributed by atoms with Gasteiger partial charge in [0.2, 0.25) is 0 Å². The first-order valence-electron chi connectivity index (χ1n) is 5.94. The topological polar surface area (TPSA) is 78.9 Å². The van der Waals surface area contributed by atoms with Gasteiger partial charge in [0, 0.05) is 12.6 Å². The lowest BCUT2D eigenvalue weighted by Crippen LogP contribution is -2.56. The summed E-state index contributed by atoms with van der Waals surface area (Å²) in [5.41, 5.74) is 0. The smallest absolute Gasteiger partial charge is 0.328 e. The van der Waals surface area contributed by atoms with E-state index in [0.29, 0.717) is 13.2 Å². The van der Waals surface area contributed by atoms with Crippen molar-refractivity contribution in [1.82, 2.24) is 10.2 Å². The highest BCUT2D eigenvalue weighted by Gasteiger charge is 2.32. The number of rotatable bonds is 4. The summed E-state index contributed by atoms with van der Waals surface area (Å²) in [5, 5.41) is 11.8. The first-order chi connectivity index (χ1) is 8.06. The molecule has 0 aromatic heterocycles. The first-order valence-corrected chi connectivity index (χ1v) is 5.94. The van der Waals surface area contributed by atoms with Crippen LogP contribution >= 0.6 is 0 Å². The standard InChI is InChI=1S/C11H20N2O4/c1-3-4-8(2)12-11(16)13-5-6-17-7-9(13)10(14)15/h8-9H,3-7H2,1-2H3,(H,12,16)(H,14,15). The second-order valence-corrected chi connectivity index (χ2v) is 4.26. The molecule has 6 heteroatoms. The Kier molecular flexibility index (Phi) is 5.21. The monoisotopic (exact) mass is 244 g/mol. The summed E-state index contributed by atoms with van der Waals surface area (Å²) in [6.07, 6.45) is 1.86. The largest absolute Gasteiger partial charge is 0.480 e. The number of aliphatic carboxylic acids is 1. The van der Waals surface area contributed by atoms with E-state index in [2.05, 4.69) is 5.32 Å². The SMILES string of the molecule is CCCC(C)NC(=O)N1CCOCC1C(=O)O. The molecule has 1 saturated heterocycles. The number of carbonyl (C=O) groups is 2. The fourth-order valence-corrected chi connectivity index (χ4v) is 1.85. The lowest BCUT2D eigenvalue weighted by molar-refractivity contribution is -0.147. The number of carboxylic acid groups (broad SMARTS) is 1. The van der Waals surface area contributed by atoms with Gasteiger partial charge in [0.25, 0.3) is 0 Å². The summed E-state index contributed by atoms with van der Waals surface area (Å²) in [4.78, 5) is 24.2. The van der Waals surface area contributed by atoms with Crippen LogP contribution in [0.2, 0.25) is 0 Å². The molecule has 2 unspecified atom stereocenters. The molecule has 2 N–H and O–H groups in total. The van der Waals surface area contributed by atoms with Gasteiger partial charge in [-0.3, -0.25) is 0 Å². The van der Waals surface area contributed by atoms with E-state index in [9.17, 15) is 9.59 Å². The maximum absolute atomic E-state index is 11.9. The van der Waals surface area contributed by atoms with Crippen LogP contribution in [0.4, 0.5) is 4.79 Å². The second-order valence-electron chi connectivity index (χ2n) is 4.26. The molecule has 0 aromatic rings. The van der Waals surface area contributed by atoms with Gasteiger partial charge < -0.3 is 20.1 Å². The minimum absolute atomic E-state index is 0.0600. The van der Waals surface area contributed by atoms with Crippen molar-refractivity contribution in [2.45, 2.75) is 38.8 Å². The molecular weight excluding hydrogens is 224 g/mol. The third-order valence-electron chi connectivity index (χ3n) is 2.77.